The lowest BCUT2D eigenvalue weighted by molar-refractivity contribution is -0.132. The minimum absolute atomic E-state index is 0.0141. The fraction of sp³-hybridized carbons (Fsp3) is 0.588. The van der Waals surface area contributed by atoms with Gasteiger partial charge in [0.2, 0.25) is 5.91 Å². The van der Waals surface area contributed by atoms with E-state index in [2.05, 4.69) is 45.0 Å². The predicted molar refractivity (Wildman–Crippen MR) is 84.7 cm³/mol. The number of likely N-dealkylation sites (N-methyl/N-ethyl adjacent to an activating group) is 1. The molecule has 20 heavy (non-hydrogen) atoms. The molecule has 0 radical (unpaired) electrons. The quantitative estimate of drug-likeness (QED) is 0.899. The lowest BCUT2D eigenvalue weighted by Gasteiger charge is -2.33. The molecule has 0 heterocycles. The van der Waals surface area contributed by atoms with Crippen LogP contribution < -0.4 is 5.73 Å². The number of benzene rings is 1. The zero-order valence-electron chi connectivity index (χ0n) is 13.6. The Balaban J connectivity index is 2.80. The maximum absolute atomic E-state index is 12.2. The maximum atomic E-state index is 12.2. The topological polar surface area (TPSA) is 46.3 Å². The lowest BCUT2D eigenvalue weighted by Crippen LogP contribution is -2.48. The third-order valence-corrected chi connectivity index (χ3v) is 3.85. The molecule has 3 nitrogen and oxygen atoms in total. The highest BCUT2D eigenvalue weighted by atomic mass is 16.2. The molecule has 2 N–H and O–H groups in total. The molecule has 0 fully saturated rings. The monoisotopic (exact) mass is 276 g/mol. The number of carbonyl (C=O) groups is 1. The summed E-state index contributed by atoms with van der Waals surface area (Å²) >= 11 is 0. The molecule has 1 aromatic carbocycles. The van der Waals surface area contributed by atoms with Crippen LogP contribution in [0.4, 0.5) is 0 Å². The van der Waals surface area contributed by atoms with E-state index in [1.54, 1.807) is 4.90 Å². The minimum atomic E-state index is -0.422. The molecule has 1 rings (SSSR count). The van der Waals surface area contributed by atoms with Crippen LogP contribution in [-0.2, 0) is 10.2 Å². The Morgan fingerprint density at radius 1 is 1.25 bits per heavy atom. The number of hydrogen-bond acceptors (Lipinski definition) is 2. The number of amides is 1. The number of nitrogens with zero attached hydrogens (tertiary/aromatic N) is 1. The van der Waals surface area contributed by atoms with Gasteiger partial charge in [0.05, 0.1) is 6.04 Å². The van der Waals surface area contributed by atoms with Gasteiger partial charge in [-0.3, -0.25) is 4.79 Å². The van der Waals surface area contributed by atoms with E-state index in [0.717, 1.165) is 0 Å². The molecule has 1 amide bonds. The van der Waals surface area contributed by atoms with Gasteiger partial charge < -0.3 is 10.6 Å². The highest BCUT2D eigenvalue weighted by molar-refractivity contribution is 5.81. The maximum Gasteiger partial charge on any atom is 0.239 e. The first-order chi connectivity index (χ1) is 9.15. The molecule has 0 aromatic heterocycles. The van der Waals surface area contributed by atoms with Gasteiger partial charge in [0.25, 0.3) is 0 Å². The van der Waals surface area contributed by atoms with Crippen molar-refractivity contribution in [2.75, 3.05) is 13.6 Å². The molecule has 0 saturated heterocycles. The number of aryl methyl sites for hydroxylation is 1. The molecule has 0 unspecified atom stereocenters. The Morgan fingerprint density at radius 3 is 2.20 bits per heavy atom. The van der Waals surface area contributed by atoms with Crippen LogP contribution >= 0.6 is 0 Å². The van der Waals surface area contributed by atoms with E-state index in [-0.39, 0.29) is 17.2 Å². The smallest absolute Gasteiger partial charge is 0.239 e. The first-order valence-electron chi connectivity index (χ1n) is 7.23. The number of rotatable bonds is 5. The standard InChI is InChI=1S/C17H28N2O/c1-12(2)15(18)16(20)19(6)11-17(4,5)14-9-7-13(3)8-10-14/h7-10,12,15H,11,18H2,1-6H3/t15-/m0/s1. The first kappa shape index (κ1) is 16.7. The molecule has 0 aliphatic carbocycles. The van der Waals surface area contributed by atoms with Gasteiger partial charge in [0.1, 0.15) is 0 Å². The van der Waals surface area contributed by atoms with E-state index in [4.69, 9.17) is 5.73 Å². The van der Waals surface area contributed by atoms with Crippen molar-refractivity contribution in [3.05, 3.63) is 35.4 Å². The average Bonchev–Trinajstić information content (AvgIpc) is 2.36. The van der Waals surface area contributed by atoms with Crippen molar-refractivity contribution in [3.63, 3.8) is 0 Å². The summed E-state index contributed by atoms with van der Waals surface area (Å²) in [6.07, 6.45) is 0. The average molecular weight is 276 g/mol. The van der Waals surface area contributed by atoms with Crippen LogP contribution in [0.25, 0.3) is 0 Å². The van der Waals surface area contributed by atoms with E-state index in [0.29, 0.717) is 6.54 Å². The second-order valence-electron chi connectivity index (χ2n) is 6.71. The fourth-order valence-corrected chi connectivity index (χ4v) is 2.31. The molecule has 0 aliphatic rings. The van der Waals surface area contributed by atoms with E-state index in [9.17, 15) is 4.79 Å². The van der Waals surface area contributed by atoms with Crippen LogP contribution in [0.3, 0.4) is 0 Å². The van der Waals surface area contributed by atoms with Crippen LogP contribution in [0.1, 0.15) is 38.8 Å². The Labute approximate surface area is 123 Å². The predicted octanol–water partition coefficient (Wildman–Crippen LogP) is 2.71. The van der Waals surface area contributed by atoms with Crippen molar-refractivity contribution in [2.24, 2.45) is 11.7 Å². The second-order valence-corrected chi connectivity index (χ2v) is 6.71. The van der Waals surface area contributed by atoms with E-state index >= 15 is 0 Å². The van der Waals surface area contributed by atoms with Gasteiger partial charge in [0, 0.05) is 19.0 Å². The van der Waals surface area contributed by atoms with E-state index in [1.165, 1.54) is 11.1 Å². The number of nitrogens with two attached hydrogens (primary N) is 1. The van der Waals surface area contributed by atoms with Crippen molar-refractivity contribution in [2.45, 2.75) is 46.1 Å². The van der Waals surface area contributed by atoms with Crippen LogP contribution in [0.2, 0.25) is 0 Å². The van der Waals surface area contributed by atoms with Gasteiger partial charge in [-0.05, 0) is 18.4 Å². The van der Waals surface area contributed by atoms with Crippen molar-refractivity contribution < 1.29 is 4.79 Å². The molecule has 0 bridgehead atoms. The summed E-state index contributed by atoms with van der Waals surface area (Å²) in [5, 5.41) is 0. The molecule has 0 saturated carbocycles. The van der Waals surface area contributed by atoms with Crippen LogP contribution in [-0.4, -0.2) is 30.4 Å². The van der Waals surface area contributed by atoms with Crippen LogP contribution in [0.5, 0.6) is 0 Å². The van der Waals surface area contributed by atoms with Crippen LogP contribution in [0.15, 0.2) is 24.3 Å². The van der Waals surface area contributed by atoms with Gasteiger partial charge in [-0.15, -0.1) is 0 Å². The first-order valence-corrected chi connectivity index (χ1v) is 7.23. The zero-order valence-corrected chi connectivity index (χ0v) is 13.6. The highest BCUT2D eigenvalue weighted by Gasteiger charge is 2.27. The van der Waals surface area contributed by atoms with Crippen molar-refractivity contribution in [1.29, 1.82) is 0 Å². The summed E-state index contributed by atoms with van der Waals surface area (Å²) in [7, 11) is 1.83. The van der Waals surface area contributed by atoms with Crippen molar-refractivity contribution >= 4 is 5.91 Å². The summed E-state index contributed by atoms with van der Waals surface area (Å²) in [6, 6.07) is 8.07. The third-order valence-electron chi connectivity index (χ3n) is 3.85. The van der Waals surface area contributed by atoms with Gasteiger partial charge in [0.15, 0.2) is 0 Å². The molecule has 112 valence electrons. The van der Waals surface area contributed by atoms with Gasteiger partial charge in [-0.25, -0.2) is 0 Å². The molecule has 1 atom stereocenters. The highest BCUT2D eigenvalue weighted by Crippen LogP contribution is 2.24. The SMILES string of the molecule is Cc1ccc(C(C)(C)CN(C)C(=O)[C@@H](N)C(C)C)cc1. The summed E-state index contributed by atoms with van der Waals surface area (Å²) in [6.45, 7) is 11.0. The number of carbonyl (C=O) groups excluding carboxylic acids is 1. The third kappa shape index (κ3) is 4.07. The summed E-state index contributed by atoms with van der Waals surface area (Å²) < 4.78 is 0. The minimum Gasteiger partial charge on any atom is -0.344 e. The molecular weight excluding hydrogens is 248 g/mol. The van der Waals surface area contributed by atoms with Gasteiger partial charge in [-0.1, -0.05) is 57.5 Å². The zero-order chi connectivity index (χ0) is 15.5. The Bertz CT molecular complexity index is 449. The van der Waals surface area contributed by atoms with Crippen molar-refractivity contribution in [3.8, 4) is 0 Å². The van der Waals surface area contributed by atoms with Gasteiger partial charge in [-0.2, -0.15) is 0 Å². The second kappa shape index (κ2) is 6.40. The van der Waals surface area contributed by atoms with Crippen molar-refractivity contribution in [1.82, 2.24) is 4.90 Å². The van der Waals surface area contributed by atoms with Gasteiger partial charge >= 0.3 is 0 Å². The Morgan fingerprint density at radius 2 is 1.75 bits per heavy atom. The normalized spacial score (nSPS) is 13.4. The summed E-state index contributed by atoms with van der Waals surface area (Å²) in [4.78, 5) is 14.0. The summed E-state index contributed by atoms with van der Waals surface area (Å²) in [5.41, 5.74) is 8.34. The van der Waals surface area contributed by atoms with E-state index in [1.807, 2.05) is 20.9 Å². The van der Waals surface area contributed by atoms with E-state index < -0.39 is 6.04 Å². The largest absolute Gasteiger partial charge is 0.344 e. The Kier molecular flexibility index (Phi) is 5.35. The number of hydrogen-bond donors (Lipinski definition) is 1. The fourth-order valence-electron chi connectivity index (χ4n) is 2.31. The lowest BCUT2D eigenvalue weighted by atomic mass is 9.83. The molecule has 3 heteroatoms. The van der Waals surface area contributed by atoms with Crippen LogP contribution in [0, 0.1) is 12.8 Å². The molecule has 0 spiro atoms. The molecule has 0 aliphatic heterocycles. The Hall–Kier alpha value is -1.35. The molecule has 1 aromatic rings. The molecular formula is C17H28N2O. The summed E-state index contributed by atoms with van der Waals surface area (Å²) in [5.74, 6) is 0.174.